The Morgan fingerprint density at radius 3 is 1.85 bits per heavy atom. The molecule has 0 aliphatic carbocycles. The van der Waals surface area contributed by atoms with Crippen LogP contribution in [-0.2, 0) is 4.79 Å². The summed E-state index contributed by atoms with van der Waals surface area (Å²) in [5, 5.41) is 0. The van der Waals surface area contributed by atoms with Gasteiger partial charge in [0.15, 0.2) is 0 Å². The topological polar surface area (TPSA) is 30.0 Å². The molecule has 4 fully saturated rings. The highest BCUT2D eigenvalue weighted by atomic mass is 16.2. The maximum atomic E-state index is 11.2. The van der Waals surface area contributed by atoms with Gasteiger partial charge in [-0.25, -0.2) is 0 Å². The number of likely N-dealkylation sites (N-methyl/N-ethyl adjacent to an activating group) is 1. The molecule has 0 bridgehead atoms. The molecule has 4 heterocycles. The molecule has 0 spiro atoms. The molecule has 0 radical (unpaired) electrons. The molecule has 4 atom stereocenters. The number of rotatable bonds is 3. The van der Waals surface area contributed by atoms with Gasteiger partial charge in [-0.05, 0) is 31.2 Å². The summed E-state index contributed by atoms with van der Waals surface area (Å²) in [5.74, 6) is 2.10. The van der Waals surface area contributed by atoms with Gasteiger partial charge in [-0.2, -0.15) is 0 Å². The van der Waals surface area contributed by atoms with Gasteiger partial charge in [0.1, 0.15) is 0 Å². The van der Waals surface area contributed by atoms with Gasteiger partial charge in [0.2, 0.25) is 5.91 Å². The Kier molecular flexibility index (Phi) is 7.57. The zero-order chi connectivity index (χ0) is 19.4. The number of nitrogens with zero attached hydrogens (tertiary/aromatic N) is 4. The number of piperazine rings is 2. The number of carbonyl (C=O) groups is 1. The minimum atomic E-state index is 0.240. The summed E-state index contributed by atoms with van der Waals surface area (Å²) in [4.78, 5) is 21.1. The lowest BCUT2D eigenvalue weighted by atomic mass is 10.0. The molecular weight excluding hydrogens is 336 g/mol. The molecule has 0 N–H and O–H groups in total. The van der Waals surface area contributed by atoms with Crippen LogP contribution in [-0.4, -0.2) is 96.5 Å². The lowest BCUT2D eigenvalue weighted by Crippen LogP contribution is -2.51. The van der Waals surface area contributed by atoms with Crippen molar-refractivity contribution in [2.75, 3.05) is 58.9 Å². The van der Waals surface area contributed by atoms with Crippen LogP contribution >= 0.6 is 0 Å². The first kappa shape index (κ1) is 21.1. The van der Waals surface area contributed by atoms with Crippen LogP contribution in [0.4, 0.5) is 0 Å². The van der Waals surface area contributed by atoms with Crippen LogP contribution in [0.15, 0.2) is 0 Å². The number of carbonyl (C=O) groups excluding carboxylic acids is 1. The van der Waals surface area contributed by atoms with Crippen LogP contribution in [0.25, 0.3) is 0 Å². The molecule has 5 nitrogen and oxygen atoms in total. The van der Waals surface area contributed by atoms with Gasteiger partial charge in [-0.3, -0.25) is 14.6 Å². The van der Waals surface area contributed by atoms with Crippen LogP contribution in [0, 0.1) is 11.8 Å². The Bertz CT molecular complexity index is 483. The molecule has 0 saturated carbocycles. The van der Waals surface area contributed by atoms with Crippen molar-refractivity contribution in [1.82, 2.24) is 19.6 Å². The highest BCUT2D eigenvalue weighted by Crippen LogP contribution is 2.29. The third-order valence-corrected chi connectivity index (χ3v) is 7.54. The van der Waals surface area contributed by atoms with Gasteiger partial charge in [0.25, 0.3) is 0 Å². The first-order chi connectivity index (χ1) is 13.0. The molecule has 156 valence electrons. The van der Waals surface area contributed by atoms with E-state index in [0.717, 1.165) is 37.5 Å². The van der Waals surface area contributed by atoms with E-state index >= 15 is 0 Å². The van der Waals surface area contributed by atoms with E-state index in [1.165, 1.54) is 65.0 Å². The highest BCUT2D eigenvalue weighted by molar-refractivity contribution is 5.73. The predicted octanol–water partition coefficient (Wildman–Crippen LogP) is 2.37. The van der Waals surface area contributed by atoms with E-state index in [9.17, 15) is 4.79 Å². The second-order valence-corrected chi connectivity index (χ2v) is 9.18. The van der Waals surface area contributed by atoms with E-state index < -0.39 is 0 Å². The molecular formula is C22H42N4O. The predicted molar refractivity (Wildman–Crippen MR) is 112 cm³/mol. The van der Waals surface area contributed by atoms with Crippen molar-refractivity contribution in [3.63, 3.8) is 0 Å². The fraction of sp³-hybridized carbons (Fsp3) is 0.955. The minimum Gasteiger partial charge on any atom is -0.340 e. The lowest BCUT2D eigenvalue weighted by molar-refractivity contribution is -0.131. The second kappa shape index (κ2) is 9.71. The van der Waals surface area contributed by atoms with Gasteiger partial charge >= 0.3 is 0 Å². The van der Waals surface area contributed by atoms with E-state index in [2.05, 4.69) is 35.5 Å². The number of amides is 1. The highest BCUT2D eigenvalue weighted by Gasteiger charge is 2.36. The van der Waals surface area contributed by atoms with Crippen molar-refractivity contribution in [3.05, 3.63) is 0 Å². The Morgan fingerprint density at radius 1 is 0.778 bits per heavy atom. The van der Waals surface area contributed by atoms with Crippen molar-refractivity contribution < 1.29 is 4.79 Å². The molecule has 27 heavy (non-hydrogen) atoms. The summed E-state index contributed by atoms with van der Waals surface area (Å²) < 4.78 is 0. The Labute approximate surface area is 167 Å². The van der Waals surface area contributed by atoms with Crippen molar-refractivity contribution in [3.8, 4) is 0 Å². The van der Waals surface area contributed by atoms with Crippen molar-refractivity contribution >= 4 is 5.91 Å². The molecule has 4 rings (SSSR count). The summed E-state index contributed by atoms with van der Waals surface area (Å²) >= 11 is 0. The zero-order valence-electron chi connectivity index (χ0n) is 18.2. The maximum Gasteiger partial charge on any atom is 0.219 e. The van der Waals surface area contributed by atoms with Crippen molar-refractivity contribution in [2.24, 2.45) is 11.8 Å². The van der Waals surface area contributed by atoms with E-state index in [1.54, 1.807) is 6.92 Å². The summed E-state index contributed by atoms with van der Waals surface area (Å²) in [7, 11) is 0. The fourth-order valence-electron chi connectivity index (χ4n) is 5.52. The SMILES string of the molecule is CCC1CC2CN(C(C)=O)CCN2C1.CCC1CC2CN(CC)CCN2C1. The quantitative estimate of drug-likeness (QED) is 0.754. The molecule has 4 aliphatic rings. The largest absolute Gasteiger partial charge is 0.340 e. The Balaban J connectivity index is 0.000000156. The van der Waals surface area contributed by atoms with Crippen molar-refractivity contribution in [2.45, 2.75) is 65.5 Å². The Hall–Kier alpha value is -0.650. The van der Waals surface area contributed by atoms with Gasteiger partial charge in [0.05, 0.1) is 0 Å². The fourth-order valence-corrected chi connectivity index (χ4v) is 5.52. The maximum absolute atomic E-state index is 11.2. The van der Waals surface area contributed by atoms with Crippen LogP contribution in [0.2, 0.25) is 0 Å². The second-order valence-electron chi connectivity index (χ2n) is 9.18. The van der Waals surface area contributed by atoms with Crippen LogP contribution in [0.3, 0.4) is 0 Å². The normalized spacial score (nSPS) is 34.7. The number of hydrogen-bond donors (Lipinski definition) is 0. The van der Waals surface area contributed by atoms with Gasteiger partial charge in [0, 0.05) is 71.4 Å². The summed E-state index contributed by atoms with van der Waals surface area (Å²) in [6.45, 7) is 19.4. The monoisotopic (exact) mass is 378 g/mol. The minimum absolute atomic E-state index is 0.240. The van der Waals surface area contributed by atoms with Gasteiger partial charge in [-0.15, -0.1) is 0 Å². The average Bonchev–Trinajstić information content (AvgIpc) is 3.30. The van der Waals surface area contributed by atoms with E-state index in [4.69, 9.17) is 0 Å². The lowest BCUT2D eigenvalue weighted by Gasteiger charge is -2.36. The van der Waals surface area contributed by atoms with Crippen LogP contribution in [0.1, 0.15) is 53.4 Å². The molecule has 0 aromatic carbocycles. The number of fused-ring (bicyclic) bond motifs is 2. The molecule has 4 unspecified atom stereocenters. The number of hydrogen-bond acceptors (Lipinski definition) is 4. The van der Waals surface area contributed by atoms with E-state index in [0.29, 0.717) is 6.04 Å². The third-order valence-electron chi connectivity index (χ3n) is 7.54. The molecule has 1 amide bonds. The standard InChI is InChI=1S/C11H20N2O.C11H22N2/c1-3-10-6-11-8-12(9(2)14)4-5-13(11)7-10;1-3-10-7-11-9-12(4-2)5-6-13(11)8-10/h10-11H,3-8H2,1-2H3;10-11H,3-9H2,1-2H3. The van der Waals surface area contributed by atoms with E-state index in [-0.39, 0.29) is 5.91 Å². The summed E-state index contributed by atoms with van der Waals surface area (Å²) in [6, 6.07) is 1.54. The van der Waals surface area contributed by atoms with E-state index in [1.807, 2.05) is 4.90 Å². The van der Waals surface area contributed by atoms with Crippen LogP contribution in [0.5, 0.6) is 0 Å². The van der Waals surface area contributed by atoms with Crippen molar-refractivity contribution in [1.29, 1.82) is 0 Å². The van der Waals surface area contributed by atoms with Crippen LogP contribution < -0.4 is 0 Å². The average molecular weight is 379 g/mol. The zero-order valence-corrected chi connectivity index (χ0v) is 18.2. The smallest absolute Gasteiger partial charge is 0.219 e. The first-order valence-corrected chi connectivity index (χ1v) is 11.5. The molecule has 0 aromatic rings. The summed E-state index contributed by atoms with van der Waals surface area (Å²) in [5.41, 5.74) is 0. The molecule has 4 saturated heterocycles. The van der Waals surface area contributed by atoms with Gasteiger partial charge in [-0.1, -0.05) is 33.6 Å². The summed E-state index contributed by atoms with van der Waals surface area (Å²) in [6.07, 6.45) is 5.40. The molecule has 5 heteroatoms. The first-order valence-electron chi connectivity index (χ1n) is 11.5. The Morgan fingerprint density at radius 2 is 1.33 bits per heavy atom. The molecule has 4 aliphatic heterocycles. The van der Waals surface area contributed by atoms with Gasteiger partial charge < -0.3 is 9.80 Å². The third kappa shape index (κ3) is 5.24. The molecule has 0 aromatic heterocycles.